The number of rotatable bonds is 2. The van der Waals surface area contributed by atoms with Crippen LogP contribution in [0.25, 0.3) is 0 Å². The zero-order chi connectivity index (χ0) is 13.3. The molecule has 1 heterocycles. The highest BCUT2D eigenvalue weighted by Crippen LogP contribution is 2.35. The van der Waals surface area contributed by atoms with Gasteiger partial charge in [0.25, 0.3) is 5.91 Å². The lowest BCUT2D eigenvalue weighted by Gasteiger charge is -2.07. The fraction of sp³-hybridized carbons (Fsp3) is 0. The molecule has 1 amide bonds. The van der Waals surface area contributed by atoms with E-state index in [2.05, 4.69) is 36.4 Å². The average molecular weight is 351 g/mol. The predicted molar refractivity (Wildman–Crippen MR) is 72.9 cm³/mol. The molecule has 1 aromatic heterocycles. The maximum absolute atomic E-state index is 11.8. The van der Waals surface area contributed by atoms with Crippen molar-refractivity contribution in [2.75, 3.05) is 11.1 Å². The minimum Gasteiger partial charge on any atom is -0.366 e. The molecule has 0 unspecified atom stereocenters. The van der Waals surface area contributed by atoms with Gasteiger partial charge in [-0.15, -0.1) is 5.10 Å². The highest BCUT2D eigenvalue weighted by molar-refractivity contribution is 9.10. The number of hydrogen-bond acceptors (Lipinski definition) is 4. The van der Waals surface area contributed by atoms with Gasteiger partial charge in [0.05, 0.1) is 15.7 Å². The second-order valence-electron chi connectivity index (χ2n) is 3.22. The number of aromatic amines is 1. The smallest absolute Gasteiger partial charge is 0.293 e. The molecule has 9 heteroatoms. The number of nitrogen functional groups attached to an aromatic ring is 1. The number of amides is 1. The van der Waals surface area contributed by atoms with Crippen LogP contribution in [0.1, 0.15) is 10.6 Å². The van der Waals surface area contributed by atoms with Gasteiger partial charge in [0.2, 0.25) is 11.8 Å². The molecule has 0 atom stereocenters. The van der Waals surface area contributed by atoms with E-state index in [1.165, 1.54) is 0 Å². The molecule has 1 aromatic carbocycles. The van der Waals surface area contributed by atoms with E-state index in [0.29, 0.717) is 15.2 Å². The molecule has 0 saturated heterocycles. The highest BCUT2D eigenvalue weighted by Gasteiger charge is 2.14. The molecule has 18 heavy (non-hydrogen) atoms. The van der Waals surface area contributed by atoms with E-state index >= 15 is 0 Å². The molecule has 0 saturated carbocycles. The summed E-state index contributed by atoms with van der Waals surface area (Å²) in [6.45, 7) is 0. The van der Waals surface area contributed by atoms with Crippen LogP contribution in [-0.2, 0) is 0 Å². The number of anilines is 2. The van der Waals surface area contributed by atoms with Crippen molar-refractivity contribution in [2.45, 2.75) is 0 Å². The van der Waals surface area contributed by atoms with Gasteiger partial charge in [0.15, 0.2) is 0 Å². The quantitative estimate of drug-likeness (QED) is 0.725. The summed E-state index contributed by atoms with van der Waals surface area (Å²) in [7, 11) is 0. The Balaban J connectivity index is 2.25. The van der Waals surface area contributed by atoms with Crippen molar-refractivity contribution >= 4 is 56.7 Å². The number of H-pyrrole nitrogens is 1. The van der Waals surface area contributed by atoms with Crippen molar-refractivity contribution in [1.82, 2.24) is 15.2 Å². The Hall–Kier alpha value is -1.31. The summed E-state index contributed by atoms with van der Waals surface area (Å²) >= 11 is 15.1. The summed E-state index contributed by atoms with van der Waals surface area (Å²) in [5, 5.41) is 9.02. The predicted octanol–water partition coefficient (Wildman–Crippen LogP) is 2.71. The molecule has 6 nitrogen and oxygen atoms in total. The lowest BCUT2D eigenvalue weighted by molar-refractivity contribution is 0.101. The number of carbonyl (C=O) groups excluding carboxylic acids is 1. The van der Waals surface area contributed by atoms with E-state index in [9.17, 15) is 4.79 Å². The Morgan fingerprint density at radius 3 is 2.72 bits per heavy atom. The van der Waals surface area contributed by atoms with Gasteiger partial charge in [-0.25, -0.2) is 0 Å². The van der Waals surface area contributed by atoms with E-state index in [-0.39, 0.29) is 16.8 Å². The summed E-state index contributed by atoms with van der Waals surface area (Å²) in [5.41, 5.74) is 5.66. The van der Waals surface area contributed by atoms with Gasteiger partial charge in [0.1, 0.15) is 0 Å². The first-order valence-electron chi connectivity index (χ1n) is 4.61. The van der Waals surface area contributed by atoms with E-state index in [4.69, 9.17) is 28.9 Å². The lowest BCUT2D eigenvalue weighted by Crippen LogP contribution is -2.14. The Morgan fingerprint density at radius 1 is 1.39 bits per heavy atom. The number of nitrogens with two attached hydrogens (primary N) is 1. The van der Waals surface area contributed by atoms with Crippen LogP contribution in [0, 0.1) is 0 Å². The van der Waals surface area contributed by atoms with Crippen LogP contribution in [0.2, 0.25) is 10.0 Å². The first-order valence-corrected chi connectivity index (χ1v) is 6.16. The average Bonchev–Trinajstić information content (AvgIpc) is 2.77. The Labute approximate surface area is 120 Å². The number of nitrogens with zero attached hydrogens (tertiary/aromatic N) is 2. The summed E-state index contributed by atoms with van der Waals surface area (Å²) < 4.78 is 0.635. The van der Waals surface area contributed by atoms with E-state index in [1.807, 2.05) is 0 Å². The number of halogens is 3. The Bertz CT molecular complexity index is 615. The van der Waals surface area contributed by atoms with Gasteiger partial charge < -0.3 is 11.1 Å². The van der Waals surface area contributed by atoms with Gasteiger partial charge in [-0.2, -0.15) is 4.98 Å². The normalized spacial score (nSPS) is 10.4. The molecule has 0 fully saturated rings. The van der Waals surface area contributed by atoms with Crippen molar-refractivity contribution in [3.8, 4) is 0 Å². The minimum absolute atomic E-state index is 0.0115. The van der Waals surface area contributed by atoms with Crippen LogP contribution in [0.15, 0.2) is 16.6 Å². The summed E-state index contributed by atoms with van der Waals surface area (Å²) in [4.78, 5) is 15.5. The molecular weight excluding hydrogens is 345 g/mol. The van der Waals surface area contributed by atoms with E-state index in [0.717, 1.165) is 0 Å². The maximum Gasteiger partial charge on any atom is 0.293 e. The summed E-state index contributed by atoms with van der Waals surface area (Å²) in [6.07, 6.45) is 0. The Kier molecular flexibility index (Phi) is 3.74. The summed E-state index contributed by atoms with van der Waals surface area (Å²) in [6, 6.07) is 3.27. The van der Waals surface area contributed by atoms with Gasteiger partial charge in [-0.3, -0.25) is 9.89 Å². The largest absolute Gasteiger partial charge is 0.366 e. The van der Waals surface area contributed by atoms with Crippen LogP contribution in [0.3, 0.4) is 0 Å². The molecule has 94 valence electrons. The van der Waals surface area contributed by atoms with E-state index in [1.54, 1.807) is 12.1 Å². The van der Waals surface area contributed by atoms with Crippen LogP contribution in [0.4, 0.5) is 11.6 Å². The minimum atomic E-state index is -0.514. The van der Waals surface area contributed by atoms with E-state index < -0.39 is 5.91 Å². The molecule has 2 aromatic rings. The number of nitrogens with one attached hydrogen (secondary N) is 2. The van der Waals surface area contributed by atoms with Crippen molar-refractivity contribution in [1.29, 1.82) is 0 Å². The van der Waals surface area contributed by atoms with Gasteiger partial charge in [-0.1, -0.05) is 23.2 Å². The second-order valence-corrected chi connectivity index (χ2v) is 4.83. The molecule has 0 bridgehead atoms. The van der Waals surface area contributed by atoms with Crippen LogP contribution in [0.5, 0.6) is 0 Å². The molecule has 0 spiro atoms. The molecule has 0 aliphatic rings. The van der Waals surface area contributed by atoms with Crippen LogP contribution >= 0.6 is 39.1 Å². The standard InChI is InChI=1S/C9H6BrCl2N5O/c10-3-1-2-4(6(12)5(3)11)14-8(18)7-15-9(13)17-16-7/h1-2H,(H,14,18)(H3,13,15,16,17). The molecule has 0 aliphatic heterocycles. The SMILES string of the molecule is Nc1n[nH]c(C(=O)Nc2ccc(Br)c(Cl)c2Cl)n1. The van der Waals surface area contributed by atoms with Crippen molar-refractivity contribution in [3.63, 3.8) is 0 Å². The number of benzene rings is 1. The molecule has 4 N–H and O–H groups in total. The second kappa shape index (κ2) is 5.13. The summed E-state index contributed by atoms with van der Waals surface area (Å²) in [5.74, 6) is -0.540. The molecule has 0 radical (unpaired) electrons. The van der Waals surface area contributed by atoms with Gasteiger partial charge in [0, 0.05) is 4.47 Å². The topological polar surface area (TPSA) is 96.7 Å². The first-order chi connectivity index (χ1) is 8.49. The lowest BCUT2D eigenvalue weighted by atomic mass is 10.3. The molecular formula is C9H6BrCl2N5O. The van der Waals surface area contributed by atoms with Crippen LogP contribution in [-0.4, -0.2) is 21.1 Å². The molecule has 0 aliphatic carbocycles. The van der Waals surface area contributed by atoms with Gasteiger partial charge in [-0.05, 0) is 28.1 Å². The number of aromatic nitrogens is 3. The van der Waals surface area contributed by atoms with Crippen molar-refractivity contribution < 1.29 is 4.79 Å². The number of hydrogen-bond donors (Lipinski definition) is 3. The third kappa shape index (κ3) is 2.58. The molecule has 2 rings (SSSR count). The highest BCUT2D eigenvalue weighted by atomic mass is 79.9. The van der Waals surface area contributed by atoms with Gasteiger partial charge >= 0.3 is 0 Å². The van der Waals surface area contributed by atoms with Crippen molar-refractivity contribution in [3.05, 3.63) is 32.5 Å². The fourth-order valence-electron chi connectivity index (χ4n) is 1.18. The third-order valence-corrected chi connectivity index (χ3v) is 3.77. The zero-order valence-corrected chi connectivity index (χ0v) is 11.8. The van der Waals surface area contributed by atoms with Crippen LogP contribution < -0.4 is 11.1 Å². The number of carbonyl (C=O) groups is 1. The zero-order valence-electron chi connectivity index (χ0n) is 8.67. The van der Waals surface area contributed by atoms with Crippen molar-refractivity contribution in [2.24, 2.45) is 0 Å². The Morgan fingerprint density at radius 2 is 2.11 bits per heavy atom. The maximum atomic E-state index is 11.8. The fourth-order valence-corrected chi connectivity index (χ4v) is 2.00. The monoisotopic (exact) mass is 349 g/mol. The third-order valence-electron chi connectivity index (χ3n) is 2.00. The first kappa shape index (κ1) is 13.1.